The fraction of sp³-hybridized carbons (Fsp3) is 0.556. The first-order valence-electron chi connectivity index (χ1n) is 8.63. The van der Waals surface area contributed by atoms with Crippen LogP contribution in [0.3, 0.4) is 0 Å². The van der Waals surface area contributed by atoms with Crippen molar-refractivity contribution < 1.29 is 23.8 Å². The minimum absolute atomic E-state index is 0.0186. The third-order valence-electron chi connectivity index (χ3n) is 4.26. The van der Waals surface area contributed by atoms with Gasteiger partial charge in [-0.2, -0.15) is 0 Å². The number of hydrogen-bond acceptors (Lipinski definition) is 4. The zero-order valence-electron chi connectivity index (χ0n) is 14.6. The molecule has 1 unspecified atom stereocenters. The average molecular weight is 352 g/mol. The second-order valence-electron chi connectivity index (χ2n) is 6.32. The fourth-order valence-electron chi connectivity index (χ4n) is 3.17. The topological polar surface area (TPSA) is 78.9 Å². The number of hydrogen-bond donors (Lipinski definition) is 2. The number of ether oxygens (including phenoxy) is 1. The van der Waals surface area contributed by atoms with Crippen molar-refractivity contribution in [2.75, 3.05) is 13.2 Å². The lowest BCUT2D eigenvalue weighted by atomic mass is 9.88. The summed E-state index contributed by atoms with van der Waals surface area (Å²) in [6, 6.07) is 5.35. The van der Waals surface area contributed by atoms with E-state index in [1.807, 2.05) is 13.8 Å². The van der Waals surface area contributed by atoms with Gasteiger partial charge >= 0.3 is 6.03 Å². The van der Waals surface area contributed by atoms with Crippen LogP contribution in [0, 0.1) is 5.82 Å². The quantitative estimate of drug-likeness (QED) is 0.669. The third kappa shape index (κ3) is 4.28. The molecule has 7 heteroatoms. The highest BCUT2D eigenvalue weighted by molar-refractivity contribution is 6.07. The molecule has 6 nitrogen and oxygen atoms in total. The summed E-state index contributed by atoms with van der Waals surface area (Å²) >= 11 is 0. The summed E-state index contributed by atoms with van der Waals surface area (Å²) in [5, 5.41) is 12.9. The Kier molecular flexibility index (Phi) is 6.36. The van der Waals surface area contributed by atoms with Crippen molar-refractivity contribution in [2.45, 2.75) is 51.2 Å². The molecule has 0 bridgehead atoms. The Labute approximate surface area is 147 Å². The molecule has 0 radical (unpaired) electrons. The summed E-state index contributed by atoms with van der Waals surface area (Å²) in [6.07, 6.45) is 1.54. The van der Waals surface area contributed by atoms with E-state index in [9.17, 15) is 19.1 Å². The van der Waals surface area contributed by atoms with Crippen LogP contribution >= 0.6 is 0 Å². The number of benzene rings is 1. The summed E-state index contributed by atoms with van der Waals surface area (Å²) < 4.78 is 18.7. The lowest BCUT2D eigenvalue weighted by molar-refractivity contribution is -0.133. The van der Waals surface area contributed by atoms with Gasteiger partial charge in [-0.15, -0.1) is 0 Å². The van der Waals surface area contributed by atoms with Gasteiger partial charge in [0, 0.05) is 0 Å². The number of β-amino-alcohol motifs (C(OH)–C–C–N with tert-alkyl or cyclic N) is 1. The number of aliphatic hydroxyl groups excluding tert-OH is 1. The van der Waals surface area contributed by atoms with Gasteiger partial charge in [-0.3, -0.25) is 9.69 Å². The lowest BCUT2D eigenvalue weighted by Crippen LogP contribution is -2.47. The number of halogens is 1. The molecule has 138 valence electrons. The van der Waals surface area contributed by atoms with Crippen LogP contribution in [-0.2, 0) is 4.79 Å². The van der Waals surface area contributed by atoms with Crippen LogP contribution in [0.1, 0.15) is 39.5 Å². The molecule has 0 saturated carbocycles. The Hall–Kier alpha value is -2.15. The van der Waals surface area contributed by atoms with E-state index in [1.54, 1.807) is 6.07 Å². The van der Waals surface area contributed by atoms with Crippen molar-refractivity contribution >= 4 is 11.9 Å². The van der Waals surface area contributed by atoms with Crippen LogP contribution < -0.4 is 10.1 Å². The molecule has 1 fully saturated rings. The van der Waals surface area contributed by atoms with Gasteiger partial charge in [0.2, 0.25) is 0 Å². The number of nitrogens with one attached hydrogen (secondary N) is 1. The highest BCUT2D eigenvalue weighted by Crippen LogP contribution is 2.28. The number of rotatable bonds is 9. The molecule has 0 spiro atoms. The molecule has 1 heterocycles. The largest absolute Gasteiger partial charge is 0.488 e. The molecule has 0 aromatic heterocycles. The van der Waals surface area contributed by atoms with E-state index in [-0.39, 0.29) is 24.8 Å². The van der Waals surface area contributed by atoms with Gasteiger partial charge in [-0.05, 0) is 25.0 Å². The molecule has 1 aromatic rings. The first-order chi connectivity index (χ1) is 11.9. The van der Waals surface area contributed by atoms with Crippen LogP contribution in [0.5, 0.6) is 5.75 Å². The number of aliphatic hydroxyl groups is 1. The SMILES string of the molecule is CCCC1(CCC)NC(=O)N(CC(O)COc2ccccc2F)C1=O. The number of para-hydroxylation sites is 1. The maximum Gasteiger partial charge on any atom is 0.325 e. The Bertz CT molecular complexity index is 617. The van der Waals surface area contributed by atoms with E-state index in [0.717, 1.165) is 17.7 Å². The molecule has 3 amide bonds. The second kappa shape index (κ2) is 8.29. The normalized spacial score (nSPS) is 17.5. The molecular weight excluding hydrogens is 327 g/mol. The van der Waals surface area contributed by atoms with E-state index in [4.69, 9.17) is 4.74 Å². The molecular formula is C18H25FN2O4. The molecule has 1 aliphatic heterocycles. The minimum Gasteiger partial charge on any atom is -0.488 e. The lowest BCUT2D eigenvalue weighted by Gasteiger charge is -2.26. The molecule has 1 aliphatic rings. The molecule has 1 atom stereocenters. The van der Waals surface area contributed by atoms with Crippen molar-refractivity contribution in [3.8, 4) is 5.75 Å². The van der Waals surface area contributed by atoms with Crippen molar-refractivity contribution in [3.63, 3.8) is 0 Å². The molecule has 25 heavy (non-hydrogen) atoms. The molecule has 0 aliphatic carbocycles. The number of urea groups is 1. The van der Waals surface area contributed by atoms with Gasteiger partial charge < -0.3 is 15.2 Å². The Balaban J connectivity index is 1.98. The van der Waals surface area contributed by atoms with Crippen molar-refractivity contribution in [3.05, 3.63) is 30.1 Å². The predicted octanol–water partition coefficient (Wildman–Crippen LogP) is 2.46. The van der Waals surface area contributed by atoms with E-state index in [1.165, 1.54) is 18.2 Å². The Morgan fingerprint density at radius 2 is 1.88 bits per heavy atom. The van der Waals surface area contributed by atoms with Gasteiger partial charge in [0.15, 0.2) is 11.6 Å². The van der Waals surface area contributed by atoms with Crippen LogP contribution in [0.25, 0.3) is 0 Å². The molecule has 2 N–H and O–H groups in total. The average Bonchev–Trinajstić information content (AvgIpc) is 2.79. The third-order valence-corrected chi connectivity index (χ3v) is 4.26. The number of carbonyl (C=O) groups excluding carboxylic acids is 2. The van der Waals surface area contributed by atoms with Crippen LogP contribution in [0.4, 0.5) is 9.18 Å². The first-order valence-corrected chi connectivity index (χ1v) is 8.63. The van der Waals surface area contributed by atoms with Crippen LogP contribution in [-0.4, -0.2) is 46.7 Å². The van der Waals surface area contributed by atoms with Crippen molar-refractivity contribution in [1.82, 2.24) is 10.2 Å². The van der Waals surface area contributed by atoms with Gasteiger partial charge in [-0.1, -0.05) is 38.8 Å². The van der Waals surface area contributed by atoms with E-state index < -0.39 is 23.5 Å². The summed E-state index contributed by atoms with van der Waals surface area (Å²) in [6.45, 7) is 3.51. The maximum absolute atomic E-state index is 13.5. The highest BCUT2D eigenvalue weighted by atomic mass is 19.1. The highest BCUT2D eigenvalue weighted by Gasteiger charge is 2.50. The Morgan fingerprint density at radius 1 is 1.24 bits per heavy atom. The minimum atomic E-state index is -1.10. The molecule has 1 saturated heterocycles. The summed E-state index contributed by atoms with van der Waals surface area (Å²) in [4.78, 5) is 25.9. The fourth-order valence-corrected chi connectivity index (χ4v) is 3.17. The van der Waals surface area contributed by atoms with Gasteiger partial charge in [-0.25, -0.2) is 9.18 Å². The van der Waals surface area contributed by atoms with E-state index >= 15 is 0 Å². The van der Waals surface area contributed by atoms with E-state index in [2.05, 4.69) is 5.32 Å². The van der Waals surface area contributed by atoms with Crippen LogP contribution in [0.2, 0.25) is 0 Å². The summed E-state index contributed by atoms with van der Waals surface area (Å²) in [5.41, 5.74) is -0.882. The number of nitrogens with zero attached hydrogens (tertiary/aromatic N) is 1. The predicted molar refractivity (Wildman–Crippen MR) is 90.7 cm³/mol. The smallest absolute Gasteiger partial charge is 0.325 e. The van der Waals surface area contributed by atoms with Crippen molar-refractivity contribution in [2.24, 2.45) is 0 Å². The standard InChI is InChI=1S/C18H25FN2O4/c1-3-9-18(10-4-2)16(23)21(17(24)20-18)11-13(22)12-25-15-8-6-5-7-14(15)19/h5-8,13,22H,3-4,9-12H2,1-2H3,(H,20,24). The summed E-state index contributed by atoms with van der Waals surface area (Å²) in [7, 11) is 0. The maximum atomic E-state index is 13.5. The van der Waals surface area contributed by atoms with Gasteiger partial charge in [0.25, 0.3) is 5.91 Å². The van der Waals surface area contributed by atoms with E-state index in [0.29, 0.717) is 12.8 Å². The number of amides is 3. The zero-order chi connectivity index (χ0) is 18.4. The van der Waals surface area contributed by atoms with Gasteiger partial charge in [0.05, 0.1) is 6.54 Å². The molecule has 2 rings (SSSR count). The zero-order valence-corrected chi connectivity index (χ0v) is 14.6. The Morgan fingerprint density at radius 3 is 2.48 bits per heavy atom. The number of imide groups is 1. The number of carbonyl (C=O) groups is 2. The van der Waals surface area contributed by atoms with Gasteiger partial charge in [0.1, 0.15) is 18.2 Å². The van der Waals surface area contributed by atoms with Crippen molar-refractivity contribution in [1.29, 1.82) is 0 Å². The monoisotopic (exact) mass is 352 g/mol. The second-order valence-corrected chi connectivity index (χ2v) is 6.32. The summed E-state index contributed by atoms with van der Waals surface area (Å²) in [5.74, 6) is -0.828. The molecule has 1 aromatic carbocycles. The van der Waals surface area contributed by atoms with Crippen LogP contribution in [0.15, 0.2) is 24.3 Å². The first kappa shape index (κ1) is 19.2.